The van der Waals surface area contributed by atoms with Crippen molar-refractivity contribution in [2.24, 2.45) is 7.05 Å². The van der Waals surface area contributed by atoms with E-state index in [9.17, 15) is 18.6 Å². The second kappa shape index (κ2) is 11.4. The molecule has 1 unspecified atom stereocenters. The molecule has 0 spiro atoms. The highest BCUT2D eigenvalue weighted by Crippen LogP contribution is 2.23. The third kappa shape index (κ3) is 7.49. The van der Waals surface area contributed by atoms with E-state index in [-0.39, 0.29) is 6.42 Å². The van der Waals surface area contributed by atoms with Crippen LogP contribution in [0, 0.1) is 0 Å². The Morgan fingerprint density at radius 1 is 1.16 bits per heavy atom. The van der Waals surface area contributed by atoms with Crippen molar-refractivity contribution in [1.82, 2.24) is 25.3 Å². The average Bonchev–Trinajstić information content (AvgIpc) is 3.18. The summed E-state index contributed by atoms with van der Waals surface area (Å²) in [5, 5.41) is 16.9. The van der Waals surface area contributed by atoms with E-state index in [2.05, 4.69) is 30.7 Å². The molecule has 2 heterocycles. The molecule has 0 bridgehead atoms. The van der Waals surface area contributed by atoms with Crippen LogP contribution in [0.1, 0.15) is 38.2 Å². The van der Waals surface area contributed by atoms with E-state index in [0.717, 1.165) is 0 Å². The zero-order valence-corrected chi connectivity index (χ0v) is 22.3. The van der Waals surface area contributed by atoms with Crippen LogP contribution in [0.4, 0.5) is 15.3 Å². The van der Waals surface area contributed by atoms with Gasteiger partial charge in [-0.05, 0) is 50.6 Å². The minimum Gasteiger partial charge on any atom is -0.453 e. The maximum absolute atomic E-state index is 12.6. The first-order valence-electron chi connectivity index (χ1n) is 11.3. The Labute approximate surface area is 216 Å². The van der Waals surface area contributed by atoms with Crippen molar-refractivity contribution in [1.29, 1.82) is 0 Å². The van der Waals surface area contributed by atoms with Gasteiger partial charge in [0, 0.05) is 25.4 Å². The van der Waals surface area contributed by atoms with Gasteiger partial charge in [0.25, 0.3) is 5.56 Å². The number of aromatic nitrogens is 4. The molecule has 1 aromatic carbocycles. The van der Waals surface area contributed by atoms with Gasteiger partial charge >= 0.3 is 12.2 Å². The van der Waals surface area contributed by atoms with Crippen LogP contribution in [0.5, 0.6) is 0 Å². The van der Waals surface area contributed by atoms with Gasteiger partial charge in [-0.1, -0.05) is 12.1 Å². The Balaban J connectivity index is 1.96. The van der Waals surface area contributed by atoms with Crippen molar-refractivity contribution in [3.05, 3.63) is 58.1 Å². The maximum atomic E-state index is 12.6. The molecule has 37 heavy (non-hydrogen) atoms. The largest absolute Gasteiger partial charge is 0.453 e. The van der Waals surface area contributed by atoms with Gasteiger partial charge in [0.15, 0.2) is 0 Å². The van der Waals surface area contributed by atoms with Crippen LogP contribution in [0.2, 0.25) is 0 Å². The quantitative estimate of drug-likeness (QED) is 0.421. The second-order valence-corrected chi connectivity index (χ2v) is 10.5. The molecular formula is C24H30N6O6S. The molecule has 0 radical (unpaired) electrons. The SMILES string of the molecule is COC(=O)Nc1ccc(-c2cc([C@H](Cc3cc(S(C)=O)n(C)n3)NC(=O)OC(C)(C)C)n[nH]c2=O)cc1. The summed E-state index contributed by atoms with van der Waals surface area (Å²) in [6.45, 7) is 5.24. The topological polar surface area (TPSA) is 157 Å². The molecule has 12 nitrogen and oxygen atoms in total. The minimum absolute atomic E-state index is 0.199. The second-order valence-electron chi connectivity index (χ2n) is 9.18. The smallest absolute Gasteiger partial charge is 0.411 e. The number of aryl methyl sites for hydroxylation is 1. The molecule has 2 aromatic heterocycles. The maximum Gasteiger partial charge on any atom is 0.411 e. The molecule has 3 rings (SSSR count). The zero-order valence-electron chi connectivity index (χ0n) is 21.4. The molecule has 0 aliphatic carbocycles. The summed E-state index contributed by atoms with van der Waals surface area (Å²) in [6, 6.07) is 9.13. The van der Waals surface area contributed by atoms with Gasteiger partial charge in [-0.15, -0.1) is 0 Å². The average molecular weight is 531 g/mol. The van der Waals surface area contributed by atoms with Crippen LogP contribution in [0.25, 0.3) is 11.1 Å². The van der Waals surface area contributed by atoms with Crippen LogP contribution in [-0.4, -0.2) is 55.3 Å². The standard InChI is InChI=1S/C24H30N6O6S/c1-24(2,3)36-23(33)26-18(11-16-12-20(37(6)34)30(4)29-16)19-13-17(21(31)28-27-19)14-7-9-15(10-8-14)25-22(32)35-5/h7-10,12-13,18H,11H2,1-6H3,(H,25,32)(H,26,33)(H,28,31)/t18-,37?/m0/s1. The van der Waals surface area contributed by atoms with E-state index >= 15 is 0 Å². The molecule has 3 aromatic rings. The van der Waals surface area contributed by atoms with Gasteiger partial charge < -0.3 is 14.8 Å². The summed E-state index contributed by atoms with van der Waals surface area (Å²) in [5.74, 6) is 0. The van der Waals surface area contributed by atoms with Crippen molar-refractivity contribution in [3.8, 4) is 11.1 Å². The van der Waals surface area contributed by atoms with Gasteiger partial charge in [0.1, 0.15) is 10.6 Å². The number of carbonyl (C=O) groups is 2. The van der Waals surface area contributed by atoms with Crippen LogP contribution in [-0.2, 0) is 33.7 Å². The number of carbonyl (C=O) groups excluding carboxylic acids is 2. The van der Waals surface area contributed by atoms with E-state index in [1.807, 2.05) is 0 Å². The number of nitrogens with zero attached hydrogens (tertiary/aromatic N) is 3. The Morgan fingerprint density at radius 2 is 1.84 bits per heavy atom. The highest BCUT2D eigenvalue weighted by atomic mass is 32.2. The molecular weight excluding hydrogens is 500 g/mol. The molecule has 3 N–H and O–H groups in total. The van der Waals surface area contributed by atoms with Gasteiger partial charge in [-0.25, -0.2) is 14.7 Å². The van der Waals surface area contributed by atoms with Crippen LogP contribution < -0.4 is 16.2 Å². The Kier molecular flexibility index (Phi) is 8.48. The number of hydrogen-bond donors (Lipinski definition) is 3. The monoisotopic (exact) mass is 530 g/mol. The fraction of sp³-hybridized carbons (Fsp3) is 0.375. The zero-order chi connectivity index (χ0) is 27.3. The lowest BCUT2D eigenvalue weighted by Crippen LogP contribution is -2.36. The van der Waals surface area contributed by atoms with Gasteiger partial charge in [0.05, 0.1) is 40.9 Å². The van der Waals surface area contributed by atoms with E-state index in [4.69, 9.17) is 4.74 Å². The van der Waals surface area contributed by atoms with E-state index < -0.39 is 40.2 Å². The lowest BCUT2D eigenvalue weighted by molar-refractivity contribution is 0.0501. The molecule has 13 heteroatoms. The summed E-state index contributed by atoms with van der Waals surface area (Å²) < 4.78 is 23.5. The summed E-state index contributed by atoms with van der Waals surface area (Å²) in [5.41, 5.74) is 1.14. The number of nitrogens with one attached hydrogen (secondary N) is 3. The number of aromatic amines is 1. The summed E-state index contributed by atoms with van der Waals surface area (Å²) >= 11 is 0. The molecule has 0 fully saturated rings. The van der Waals surface area contributed by atoms with Crippen LogP contribution in [0.15, 0.2) is 46.2 Å². The molecule has 2 amide bonds. The van der Waals surface area contributed by atoms with Crippen LogP contribution >= 0.6 is 0 Å². The summed E-state index contributed by atoms with van der Waals surface area (Å²) in [7, 11) is 1.70. The normalized spacial score (nSPS) is 12.9. The summed E-state index contributed by atoms with van der Waals surface area (Å²) in [4.78, 5) is 36.7. The Bertz CT molecular complexity index is 1360. The third-order valence-electron chi connectivity index (χ3n) is 5.09. The highest BCUT2D eigenvalue weighted by molar-refractivity contribution is 7.84. The summed E-state index contributed by atoms with van der Waals surface area (Å²) in [6.07, 6.45) is 0.474. The Hall–Kier alpha value is -4.00. The van der Waals surface area contributed by atoms with Crippen LogP contribution in [0.3, 0.4) is 0 Å². The first-order valence-corrected chi connectivity index (χ1v) is 12.8. The first-order chi connectivity index (χ1) is 17.4. The first kappa shape index (κ1) is 27.6. The number of ether oxygens (including phenoxy) is 2. The Morgan fingerprint density at radius 3 is 2.41 bits per heavy atom. The number of anilines is 1. The lowest BCUT2D eigenvalue weighted by Gasteiger charge is -2.23. The number of methoxy groups -OCH3 is 1. The number of alkyl carbamates (subject to hydrolysis) is 1. The van der Waals surface area contributed by atoms with Crippen molar-refractivity contribution < 1.29 is 23.3 Å². The predicted octanol–water partition coefficient (Wildman–Crippen LogP) is 2.89. The van der Waals surface area contributed by atoms with Gasteiger partial charge in [-0.3, -0.25) is 19.0 Å². The fourth-order valence-electron chi connectivity index (χ4n) is 3.48. The van der Waals surface area contributed by atoms with E-state index in [1.54, 1.807) is 70.5 Å². The van der Waals surface area contributed by atoms with Crippen molar-refractivity contribution in [2.75, 3.05) is 18.7 Å². The molecule has 2 atom stereocenters. The molecule has 0 aliphatic rings. The number of amides is 2. The predicted molar refractivity (Wildman–Crippen MR) is 138 cm³/mol. The fourth-order valence-corrected chi connectivity index (χ4v) is 4.20. The number of benzene rings is 1. The van der Waals surface area contributed by atoms with Crippen molar-refractivity contribution in [3.63, 3.8) is 0 Å². The third-order valence-corrected chi connectivity index (χ3v) is 6.07. The van der Waals surface area contributed by atoms with Gasteiger partial charge in [0.2, 0.25) is 0 Å². The molecule has 0 saturated heterocycles. The van der Waals surface area contributed by atoms with E-state index in [0.29, 0.717) is 33.2 Å². The highest BCUT2D eigenvalue weighted by Gasteiger charge is 2.24. The number of rotatable bonds is 7. The minimum atomic E-state index is -1.25. The van der Waals surface area contributed by atoms with E-state index in [1.165, 1.54) is 11.8 Å². The van der Waals surface area contributed by atoms with Crippen molar-refractivity contribution in [2.45, 2.75) is 43.9 Å². The number of hydrogen-bond acceptors (Lipinski definition) is 8. The number of H-pyrrole nitrogens is 1. The molecule has 198 valence electrons. The molecule has 0 aliphatic heterocycles. The molecule has 0 saturated carbocycles. The lowest BCUT2D eigenvalue weighted by atomic mass is 10.0. The van der Waals surface area contributed by atoms with Gasteiger partial charge in [-0.2, -0.15) is 10.2 Å². The van der Waals surface area contributed by atoms with Crippen molar-refractivity contribution >= 4 is 28.7 Å².